The first-order valence-electron chi connectivity index (χ1n) is 10.6. The van der Waals surface area contributed by atoms with Crippen molar-refractivity contribution in [1.29, 1.82) is 0 Å². The monoisotopic (exact) mass is 413 g/mol. The zero-order valence-electron chi connectivity index (χ0n) is 18.4. The Morgan fingerprint density at radius 2 is 1.73 bits per heavy atom. The lowest BCUT2D eigenvalue weighted by molar-refractivity contribution is -0.124. The van der Waals surface area contributed by atoms with Gasteiger partial charge in [0.1, 0.15) is 0 Å². The number of aromatic nitrogens is 2. The molecule has 0 atom stereocenters. The number of hydrogen-bond donors (Lipinski definition) is 1. The van der Waals surface area contributed by atoms with Crippen LogP contribution in [0.25, 0.3) is 5.69 Å². The average molecular weight is 414 g/mol. The van der Waals surface area contributed by atoms with Crippen molar-refractivity contribution < 1.29 is 19.4 Å². The maximum atomic E-state index is 13.4. The van der Waals surface area contributed by atoms with E-state index in [4.69, 9.17) is 4.74 Å². The van der Waals surface area contributed by atoms with E-state index in [1.807, 2.05) is 39.8 Å². The summed E-state index contributed by atoms with van der Waals surface area (Å²) in [5.41, 5.74) is 2.92. The molecule has 3 rings (SSSR count). The van der Waals surface area contributed by atoms with Crippen LogP contribution in [0.3, 0.4) is 0 Å². The number of anilines is 1. The molecule has 1 N–H and O–H groups in total. The molecule has 1 fully saturated rings. The first-order chi connectivity index (χ1) is 14.2. The number of benzene rings is 1. The molecule has 0 radical (unpaired) electrons. The molecule has 7 heteroatoms. The minimum Gasteiger partial charge on any atom is -0.449 e. The van der Waals surface area contributed by atoms with Crippen LogP contribution in [-0.4, -0.2) is 33.0 Å². The van der Waals surface area contributed by atoms with Crippen molar-refractivity contribution in [3.63, 3.8) is 0 Å². The molecular weight excluding hydrogens is 382 g/mol. The van der Waals surface area contributed by atoms with Gasteiger partial charge in [-0.1, -0.05) is 13.0 Å². The highest BCUT2D eigenvalue weighted by atomic mass is 16.7. The second kappa shape index (κ2) is 8.90. The van der Waals surface area contributed by atoms with E-state index < -0.39 is 6.16 Å². The van der Waals surface area contributed by atoms with Crippen molar-refractivity contribution in [2.24, 2.45) is 11.8 Å². The summed E-state index contributed by atoms with van der Waals surface area (Å²) in [5.74, 6) is 0.852. The molecule has 0 unspecified atom stereocenters. The second-order valence-electron chi connectivity index (χ2n) is 8.73. The van der Waals surface area contributed by atoms with Gasteiger partial charge in [-0.25, -0.2) is 9.48 Å². The highest BCUT2D eigenvalue weighted by molar-refractivity contribution is 5.96. The van der Waals surface area contributed by atoms with Gasteiger partial charge in [0.05, 0.1) is 11.9 Å². The largest absolute Gasteiger partial charge is 0.511 e. The highest BCUT2D eigenvalue weighted by Gasteiger charge is 2.34. The number of aryl methyl sites for hydroxylation is 2. The van der Waals surface area contributed by atoms with Gasteiger partial charge in [-0.2, -0.15) is 0 Å². The summed E-state index contributed by atoms with van der Waals surface area (Å²) in [6.07, 6.45) is 3.84. The quantitative estimate of drug-likeness (QED) is 0.688. The molecule has 0 bridgehead atoms. The van der Waals surface area contributed by atoms with E-state index in [-0.39, 0.29) is 29.4 Å². The van der Waals surface area contributed by atoms with Crippen LogP contribution >= 0.6 is 0 Å². The molecule has 7 nitrogen and oxygen atoms in total. The Kier molecular flexibility index (Phi) is 6.48. The van der Waals surface area contributed by atoms with Gasteiger partial charge in [0.2, 0.25) is 11.7 Å². The standard InChI is InChI=1S/C23H31N3O4/c1-14(2)26(22(27)18-8-6-15(3)7-9-18)21-20(30-23(28)29)13-25(24-21)19-11-16(4)10-17(5)12-19/h10-15,18H,6-9H2,1-5H3,(H,28,29)/t15-,18-. The normalized spacial score (nSPS) is 19.0. The maximum absolute atomic E-state index is 13.4. The molecule has 1 saturated carbocycles. The van der Waals surface area contributed by atoms with Crippen LogP contribution in [0.15, 0.2) is 24.4 Å². The number of ether oxygens (including phenoxy) is 1. The highest BCUT2D eigenvalue weighted by Crippen LogP contribution is 2.35. The topological polar surface area (TPSA) is 84.7 Å². The zero-order chi connectivity index (χ0) is 22.0. The molecule has 1 aromatic carbocycles. The number of carboxylic acid groups (broad SMARTS) is 1. The molecule has 162 valence electrons. The molecule has 2 aromatic rings. The Labute approximate surface area is 177 Å². The van der Waals surface area contributed by atoms with Gasteiger partial charge in [-0.3, -0.25) is 9.69 Å². The third kappa shape index (κ3) is 4.83. The molecular formula is C23H31N3O4. The van der Waals surface area contributed by atoms with Crippen LogP contribution in [0.2, 0.25) is 0 Å². The van der Waals surface area contributed by atoms with Crippen molar-refractivity contribution in [1.82, 2.24) is 9.78 Å². The van der Waals surface area contributed by atoms with Gasteiger partial charge in [-0.05, 0) is 82.6 Å². The van der Waals surface area contributed by atoms with Crippen molar-refractivity contribution in [3.8, 4) is 11.4 Å². The minimum absolute atomic E-state index is 0.0159. The molecule has 1 aromatic heterocycles. The summed E-state index contributed by atoms with van der Waals surface area (Å²) in [6.45, 7) is 10.0. The Balaban J connectivity index is 2.02. The molecule has 1 amide bonds. The summed E-state index contributed by atoms with van der Waals surface area (Å²) >= 11 is 0. The fourth-order valence-electron chi connectivity index (χ4n) is 4.20. The van der Waals surface area contributed by atoms with E-state index in [1.54, 1.807) is 9.58 Å². The smallest absolute Gasteiger partial charge is 0.449 e. The van der Waals surface area contributed by atoms with E-state index >= 15 is 0 Å². The van der Waals surface area contributed by atoms with Gasteiger partial charge < -0.3 is 9.84 Å². The van der Waals surface area contributed by atoms with Crippen molar-refractivity contribution in [2.75, 3.05) is 4.90 Å². The fraction of sp³-hybridized carbons (Fsp3) is 0.522. The number of nitrogens with zero attached hydrogens (tertiary/aromatic N) is 3. The van der Waals surface area contributed by atoms with E-state index in [2.05, 4.69) is 18.1 Å². The molecule has 1 heterocycles. The number of amides is 1. The zero-order valence-corrected chi connectivity index (χ0v) is 18.4. The fourth-order valence-corrected chi connectivity index (χ4v) is 4.20. The number of hydrogen-bond acceptors (Lipinski definition) is 4. The number of rotatable bonds is 5. The van der Waals surface area contributed by atoms with E-state index in [1.165, 1.54) is 6.20 Å². The van der Waals surface area contributed by atoms with Crippen LogP contribution in [0.4, 0.5) is 10.6 Å². The lowest BCUT2D eigenvalue weighted by Crippen LogP contribution is -2.42. The Bertz CT molecular complexity index is 906. The minimum atomic E-state index is -1.43. The van der Waals surface area contributed by atoms with Gasteiger partial charge >= 0.3 is 6.16 Å². The second-order valence-corrected chi connectivity index (χ2v) is 8.73. The molecule has 0 aliphatic heterocycles. The Hall–Kier alpha value is -2.83. The van der Waals surface area contributed by atoms with Gasteiger partial charge in [0.15, 0.2) is 5.75 Å². The third-order valence-electron chi connectivity index (χ3n) is 5.68. The molecule has 30 heavy (non-hydrogen) atoms. The average Bonchev–Trinajstić information content (AvgIpc) is 3.04. The van der Waals surface area contributed by atoms with Crippen molar-refractivity contribution in [2.45, 2.75) is 66.3 Å². The molecule has 0 saturated heterocycles. The Morgan fingerprint density at radius 1 is 1.13 bits per heavy atom. The van der Waals surface area contributed by atoms with Gasteiger partial charge in [0.25, 0.3) is 0 Å². The lowest BCUT2D eigenvalue weighted by Gasteiger charge is -2.32. The lowest BCUT2D eigenvalue weighted by atomic mass is 9.82. The van der Waals surface area contributed by atoms with E-state index in [0.717, 1.165) is 42.5 Å². The van der Waals surface area contributed by atoms with Crippen molar-refractivity contribution >= 4 is 17.9 Å². The van der Waals surface area contributed by atoms with Gasteiger partial charge in [-0.15, -0.1) is 5.10 Å². The third-order valence-corrected chi connectivity index (χ3v) is 5.68. The van der Waals surface area contributed by atoms with Crippen LogP contribution in [0.1, 0.15) is 57.6 Å². The van der Waals surface area contributed by atoms with Crippen LogP contribution in [0, 0.1) is 25.7 Å². The molecule has 1 aliphatic carbocycles. The number of carbonyl (C=O) groups is 2. The predicted octanol–water partition coefficient (Wildman–Crippen LogP) is 5.11. The van der Waals surface area contributed by atoms with Crippen LogP contribution in [-0.2, 0) is 4.79 Å². The van der Waals surface area contributed by atoms with Crippen LogP contribution < -0.4 is 9.64 Å². The van der Waals surface area contributed by atoms with Crippen molar-refractivity contribution in [3.05, 3.63) is 35.5 Å². The Morgan fingerprint density at radius 3 is 2.27 bits per heavy atom. The van der Waals surface area contributed by atoms with Crippen LogP contribution in [0.5, 0.6) is 5.75 Å². The van der Waals surface area contributed by atoms with Gasteiger partial charge in [0, 0.05) is 12.0 Å². The number of carbonyl (C=O) groups excluding carboxylic acids is 1. The first-order valence-corrected chi connectivity index (χ1v) is 10.6. The van der Waals surface area contributed by atoms with E-state index in [0.29, 0.717) is 5.92 Å². The summed E-state index contributed by atoms with van der Waals surface area (Å²) in [7, 11) is 0. The summed E-state index contributed by atoms with van der Waals surface area (Å²) in [4.78, 5) is 26.3. The predicted molar refractivity (Wildman–Crippen MR) is 115 cm³/mol. The molecule has 1 aliphatic rings. The van der Waals surface area contributed by atoms with E-state index in [9.17, 15) is 14.7 Å². The summed E-state index contributed by atoms with van der Waals surface area (Å²) < 4.78 is 6.62. The maximum Gasteiger partial charge on any atom is 0.511 e. The molecule has 0 spiro atoms. The first kappa shape index (κ1) is 21.9. The summed E-state index contributed by atoms with van der Waals surface area (Å²) in [6, 6.07) is 5.78. The SMILES string of the molecule is Cc1cc(C)cc(-n2cc(OC(=O)O)c(N(C(=O)[C@H]3CC[C@H](C)CC3)C(C)C)n2)c1. The summed E-state index contributed by atoms with van der Waals surface area (Å²) in [5, 5.41) is 13.8.